The zero-order valence-electron chi connectivity index (χ0n) is 6.28. The Labute approximate surface area is 64.7 Å². The minimum atomic E-state index is -0.901. The Morgan fingerprint density at radius 2 is 2.00 bits per heavy atom. The van der Waals surface area contributed by atoms with Gasteiger partial charge in [-0.15, -0.1) is 0 Å². The first-order valence-corrected chi connectivity index (χ1v) is 3.79. The summed E-state index contributed by atoms with van der Waals surface area (Å²) >= 11 is 0. The molecule has 0 amide bonds. The first-order chi connectivity index (χ1) is 5.21. The van der Waals surface area contributed by atoms with Crippen molar-refractivity contribution >= 4 is 6.29 Å². The van der Waals surface area contributed by atoms with E-state index < -0.39 is 5.54 Å². The van der Waals surface area contributed by atoms with E-state index in [4.69, 9.17) is 0 Å². The molecule has 0 bridgehead atoms. The molecular formula is C7H11NO3. The van der Waals surface area contributed by atoms with Crippen LogP contribution < -0.4 is 0 Å². The minimum Gasteiger partial charge on any atom is -0.303 e. The molecule has 62 valence electrons. The fourth-order valence-corrected chi connectivity index (χ4v) is 1.65. The van der Waals surface area contributed by atoms with Gasteiger partial charge in [0, 0.05) is 17.8 Å². The number of nitro groups is 1. The highest BCUT2D eigenvalue weighted by molar-refractivity contribution is 5.51. The summed E-state index contributed by atoms with van der Waals surface area (Å²) in [6, 6.07) is 0. The first-order valence-electron chi connectivity index (χ1n) is 3.79. The van der Waals surface area contributed by atoms with Crippen LogP contribution in [0.3, 0.4) is 0 Å². The standard InChI is InChI=1S/C7H11NO3/c9-6-5-7(8(10)11)3-1-2-4-7/h6H,1-5H2. The molecule has 0 heterocycles. The van der Waals surface area contributed by atoms with Crippen LogP contribution in [-0.4, -0.2) is 16.7 Å². The lowest BCUT2D eigenvalue weighted by Crippen LogP contribution is -2.35. The predicted octanol–water partition coefficient (Wildman–Crippen LogP) is 1.16. The summed E-state index contributed by atoms with van der Waals surface area (Å²) in [5.41, 5.74) is -0.901. The van der Waals surface area contributed by atoms with Gasteiger partial charge in [-0.1, -0.05) is 0 Å². The second-order valence-corrected chi connectivity index (χ2v) is 3.06. The minimum absolute atomic E-state index is 0.0833. The Morgan fingerprint density at radius 3 is 2.36 bits per heavy atom. The van der Waals surface area contributed by atoms with E-state index in [9.17, 15) is 14.9 Å². The van der Waals surface area contributed by atoms with Crippen molar-refractivity contribution in [3.8, 4) is 0 Å². The van der Waals surface area contributed by atoms with E-state index in [0.717, 1.165) is 12.8 Å². The lowest BCUT2D eigenvalue weighted by molar-refractivity contribution is -0.566. The lowest BCUT2D eigenvalue weighted by Gasteiger charge is -2.15. The van der Waals surface area contributed by atoms with Crippen molar-refractivity contribution in [2.75, 3.05) is 0 Å². The van der Waals surface area contributed by atoms with Crippen LogP contribution in [0.4, 0.5) is 0 Å². The van der Waals surface area contributed by atoms with Crippen LogP contribution >= 0.6 is 0 Å². The molecule has 1 fully saturated rings. The van der Waals surface area contributed by atoms with Crippen LogP contribution in [0.25, 0.3) is 0 Å². The molecule has 0 aromatic carbocycles. The maximum atomic E-state index is 10.6. The Morgan fingerprint density at radius 1 is 1.45 bits per heavy atom. The van der Waals surface area contributed by atoms with Crippen molar-refractivity contribution in [1.29, 1.82) is 0 Å². The molecule has 1 aliphatic rings. The third-order valence-electron chi connectivity index (χ3n) is 2.38. The molecule has 0 spiro atoms. The molecule has 11 heavy (non-hydrogen) atoms. The van der Waals surface area contributed by atoms with Gasteiger partial charge in [0.05, 0.1) is 6.42 Å². The molecule has 0 N–H and O–H groups in total. The van der Waals surface area contributed by atoms with Crippen molar-refractivity contribution in [3.63, 3.8) is 0 Å². The van der Waals surface area contributed by atoms with Crippen LogP contribution in [0.2, 0.25) is 0 Å². The number of hydrogen-bond donors (Lipinski definition) is 0. The Kier molecular flexibility index (Phi) is 2.22. The molecule has 1 aliphatic carbocycles. The Bertz CT molecular complexity index is 173. The van der Waals surface area contributed by atoms with Gasteiger partial charge in [-0.25, -0.2) is 0 Å². The van der Waals surface area contributed by atoms with E-state index in [1.165, 1.54) is 0 Å². The molecule has 4 heteroatoms. The summed E-state index contributed by atoms with van der Waals surface area (Å²) in [6.45, 7) is 0. The smallest absolute Gasteiger partial charge is 0.228 e. The third kappa shape index (κ3) is 1.39. The summed E-state index contributed by atoms with van der Waals surface area (Å²) in [5, 5.41) is 10.6. The second kappa shape index (κ2) is 2.98. The largest absolute Gasteiger partial charge is 0.303 e. The van der Waals surface area contributed by atoms with Crippen LogP contribution in [0.15, 0.2) is 0 Å². The van der Waals surface area contributed by atoms with Crippen LogP contribution in [0, 0.1) is 10.1 Å². The van der Waals surface area contributed by atoms with Gasteiger partial charge in [0.1, 0.15) is 6.29 Å². The predicted molar refractivity (Wildman–Crippen MR) is 38.9 cm³/mol. The Hall–Kier alpha value is -0.930. The van der Waals surface area contributed by atoms with E-state index in [0.29, 0.717) is 19.1 Å². The third-order valence-corrected chi connectivity index (χ3v) is 2.38. The van der Waals surface area contributed by atoms with Crippen LogP contribution in [-0.2, 0) is 4.79 Å². The highest BCUT2D eigenvalue weighted by atomic mass is 16.6. The van der Waals surface area contributed by atoms with E-state index in [1.807, 2.05) is 0 Å². The van der Waals surface area contributed by atoms with Gasteiger partial charge in [0.25, 0.3) is 0 Å². The maximum absolute atomic E-state index is 10.6. The molecule has 4 nitrogen and oxygen atoms in total. The number of rotatable bonds is 3. The zero-order chi connectivity index (χ0) is 8.32. The monoisotopic (exact) mass is 157 g/mol. The van der Waals surface area contributed by atoms with Gasteiger partial charge in [0.15, 0.2) is 0 Å². The number of nitrogens with zero attached hydrogens (tertiary/aromatic N) is 1. The number of carbonyl (C=O) groups is 1. The second-order valence-electron chi connectivity index (χ2n) is 3.06. The summed E-state index contributed by atoms with van der Waals surface area (Å²) < 4.78 is 0. The maximum Gasteiger partial charge on any atom is 0.228 e. The highest BCUT2D eigenvalue weighted by Crippen LogP contribution is 2.34. The quantitative estimate of drug-likeness (QED) is 0.351. The van der Waals surface area contributed by atoms with Crippen molar-refractivity contribution in [3.05, 3.63) is 10.1 Å². The molecule has 0 aliphatic heterocycles. The summed E-state index contributed by atoms with van der Waals surface area (Å²) in [7, 11) is 0. The van der Waals surface area contributed by atoms with E-state index in [-0.39, 0.29) is 11.3 Å². The lowest BCUT2D eigenvalue weighted by atomic mass is 9.95. The molecule has 0 saturated heterocycles. The number of aldehydes is 1. The molecular weight excluding hydrogens is 146 g/mol. The number of carbonyl (C=O) groups excluding carboxylic acids is 1. The molecule has 0 aromatic rings. The molecule has 1 rings (SSSR count). The topological polar surface area (TPSA) is 60.2 Å². The zero-order valence-corrected chi connectivity index (χ0v) is 6.28. The fourth-order valence-electron chi connectivity index (χ4n) is 1.65. The molecule has 0 radical (unpaired) electrons. The van der Waals surface area contributed by atoms with E-state index in [2.05, 4.69) is 0 Å². The van der Waals surface area contributed by atoms with Crippen molar-refractivity contribution < 1.29 is 9.72 Å². The van der Waals surface area contributed by atoms with E-state index >= 15 is 0 Å². The molecule has 0 aromatic heterocycles. The van der Waals surface area contributed by atoms with Crippen LogP contribution in [0.5, 0.6) is 0 Å². The summed E-state index contributed by atoms with van der Waals surface area (Å²) in [6.07, 6.45) is 3.65. The van der Waals surface area contributed by atoms with Gasteiger partial charge in [-0.2, -0.15) is 0 Å². The van der Waals surface area contributed by atoms with Crippen molar-refractivity contribution in [1.82, 2.24) is 0 Å². The average Bonchev–Trinajstić information content (AvgIpc) is 2.38. The van der Waals surface area contributed by atoms with E-state index in [1.54, 1.807) is 0 Å². The van der Waals surface area contributed by atoms with Gasteiger partial charge in [0.2, 0.25) is 5.54 Å². The van der Waals surface area contributed by atoms with Gasteiger partial charge >= 0.3 is 0 Å². The fraction of sp³-hybridized carbons (Fsp3) is 0.857. The molecule has 0 unspecified atom stereocenters. The van der Waals surface area contributed by atoms with Crippen molar-refractivity contribution in [2.24, 2.45) is 0 Å². The van der Waals surface area contributed by atoms with Crippen LogP contribution in [0.1, 0.15) is 32.1 Å². The van der Waals surface area contributed by atoms with Gasteiger partial charge in [-0.3, -0.25) is 10.1 Å². The van der Waals surface area contributed by atoms with Gasteiger partial charge < -0.3 is 4.79 Å². The van der Waals surface area contributed by atoms with Gasteiger partial charge in [-0.05, 0) is 12.8 Å². The molecule has 0 atom stereocenters. The summed E-state index contributed by atoms with van der Waals surface area (Å²) in [5.74, 6) is 0. The SMILES string of the molecule is O=CCC1([N+](=O)[O-])CCCC1. The Balaban J connectivity index is 2.69. The average molecular weight is 157 g/mol. The first kappa shape index (κ1) is 8.17. The van der Waals surface area contributed by atoms with Crippen molar-refractivity contribution in [2.45, 2.75) is 37.6 Å². The molecule has 1 saturated carbocycles. The summed E-state index contributed by atoms with van der Waals surface area (Å²) in [4.78, 5) is 20.4. The highest BCUT2D eigenvalue weighted by Gasteiger charge is 2.44. The normalized spacial score (nSPS) is 21.5. The number of hydrogen-bond acceptors (Lipinski definition) is 3.